The zero-order valence-electron chi connectivity index (χ0n) is 12.6. The molecule has 1 fully saturated rings. The third kappa shape index (κ3) is 4.21. The Morgan fingerprint density at radius 2 is 1.90 bits per heavy atom. The lowest BCUT2D eigenvalue weighted by atomic mass is 10.2. The third-order valence-electron chi connectivity index (χ3n) is 3.28. The third-order valence-corrected chi connectivity index (χ3v) is 3.28. The van der Waals surface area contributed by atoms with Crippen LogP contribution in [0.4, 0.5) is 11.9 Å². The molecule has 0 spiro atoms. The average molecular weight is 279 g/mol. The van der Waals surface area contributed by atoms with E-state index in [1.54, 1.807) is 0 Å². The van der Waals surface area contributed by atoms with Gasteiger partial charge >= 0.3 is 6.01 Å². The number of nitrogens with one attached hydrogen (secondary N) is 2. The molecule has 6 heteroatoms. The first-order chi connectivity index (χ1) is 9.76. The number of hydrogen-bond acceptors (Lipinski definition) is 6. The van der Waals surface area contributed by atoms with Crippen LogP contribution in [0.1, 0.15) is 46.5 Å². The molecule has 2 N–H and O–H groups in total. The highest BCUT2D eigenvalue weighted by Gasteiger charge is 2.36. The van der Waals surface area contributed by atoms with Gasteiger partial charge < -0.3 is 15.4 Å². The summed E-state index contributed by atoms with van der Waals surface area (Å²) >= 11 is 0. The van der Waals surface area contributed by atoms with Crippen molar-refractivity contribution in [3.63, 3.8) is 0 Å². The van der Waals surface area contributed by atoms with Crippen molar-refractivity contribution in [2.45, 2.75) is 52.5 Å². The largest absolute Gasteiger partial charge is 0.463 e. The van der Waals surface area contributed by atoms with Gasteiger partial charge in [-0.15, -0.1) is 0 Å². The average Bonchev–Trinajstić information content (AvgIpc) is 3.15. The van der Waals surface area contributed by atoms with E-state index in [0.29, 0.717) is 30.6 Å². The molecule has 1 aliphatic rings. The van der Waals surface area contributed by atoms with E-state index in [1.807, 2.05) is 6.92 Å². The Morgan fingerprint density at radius 1 is 1.10 bits per heavy atom. The Bertz CT molecular complexity index is 426. The molecule has 0 aromatic carbocycles. The highest BCUT2D eigenvalue weighted by Crippen LogP contribution is 2.36. The molecule has 2 rings (SSSR count). The second kappa shape index (κ2) is 7.26. The summed E-state index contributed by atoms with van der Waals surface area (Å²) in [5, 5.41) is 6.50. The fourth-order valence-corrected chi connectivity index (χ4v) is 2.20. The first-order valence-corrected chi connectivity index (χ1v) is 7.66. The Kier molecular flexibility index (Phi) is 5.38. The maximum atomic E-state index is 5.52. The minimum Gasteiger partial charge on any atom is -0.463 e. The van der Waals surface area contributed by atoms with Crippen molar-refractivity contribution in [3.8, 4) is 6.01 Å². The smallest absolute Gasteiger partial charge is 0.323 e. The minimum absolute atomic E-state index is 0.396. The quantitative estimate of drug-likeness (QED) is 0.724. The maximum Gasteiger partial charge on any atom is 0.323 e. The van der Waals surface area contributed by atoms with Crippen LogP contribution in [0.5, 0.6) is 6.01 Å². The van der Waals surface area contributed by atoms with Gasteiger partial charge in [-0.25, -0.2) is 0 Å². The summed E-state index contributed by atoms with van der Waals surface area (Å²) in [6.45, 7) is 7.69. The first kappa shape index (κ1) is 14.8. The number of nitrogens with zero attached hydrogens (tertiary/aromatic N) is 3. The SMILES string of the molecule is CCCOc1nc(NCC)nc(NC2CC2CCC)n1. The summed E-state index contributed by atoms with van der Waals surface area (Å²) in [5.41, 5.74) is 0. The van der Waals surface area contributed by atoms with Crippen LogP contribution in [0, 0.1) is 5.92 Å². The predicted molar refractivity (Wildman–Crippen MR) is 80.2 cm³/mol. The van der Waals surface area contributed by atoms with Crippen LogP contribution in [0.15, 0.2) is 0 Å². The first-order valence-electron chi connectivity index (χ1n) is 7.66. The molecule has 0 bridgehead atoms. The molecule has 0 saturated heterocycles. The molecule has 1 heterocycles. The van der Waals surface area contributed by atoms with Crippen molar-refractivity contribution in [1.29, 1.82) is 0 Å². The summed E-state index contributed by atoms with van der Waals surface area (Å²) in [7, 11) is 0. The van der Waals surface area contributed by atoms with Crippen molar-refractivity contribution in [1.82, 2.24) is 15.0 Å². The van der Waals surface area contributed by atoms with Crippen LogP contribution >= 0.6 is 0 Å². The molecule has 1 aromatic rings. The van der Waals surface area contributed by atoms with Crippen molar-refractivity contribution in [3.05, 3.63) is 0 Å². The normalized spacial score (nSPS) is 20.6. The molecule has 0 amide bonds. The van der Waals surface area contributed by atoms with Crippen molar-refractivity contribution < 1.29 is 4.74 Å². The lowest BCUT2D eigenvalue weighted by Crippen LogP contribution is -2.13. The van der Waals surface area contributed by atoms with Crippen molar-refractivity contribution in [2.24, 2.45) is 5.92 Å². The van der Waals surface area contributed by atoms with Gasteiger partial charge in [0.1, 0.15) is 0 Å². The summed E-state index contributed by atoms with van der Waals surface area (Å²) in [4.78, 5) is 13.0. The molecule has 1 saturated carbocycles. The fourth-order valence-electron chi connectivity index (χ4n) is 2.20. The predicted octanol–water partition coefficient (Wildman–Crippen LogP) is 2.69. The number of hydrogen-bond donors (Lipinski definition) is 2. The van der Waals surface area contributed by atoms with E-state index in [-0.39, 0.29) is 0 Å². The zero-order chi connectivity index (χ0) is 14.4. The van der Waals surface area contributed by atoms with Crippen LogP contribution in [0.3, 0.4) is 0 Å². The van der Waals surface area contributed by atoms with E-state index in [2.05, 4.69) is 39.4 Å². The second-order valence-corrected chi connectivity index (χ2v) is 5.18. The van der Waals surface area contributed by atoms with Gasteiger partial charge in [0, 0.05) is 12.6 Å². The van der Waals surface area contributed by atoms with Gasteiger partial charge in [-0.1, -0.05) is 20.3 Å². The van der Waals surface area contributed by atoms with Gasteiger partial charge in [0.05, 0.1) is 6.61 Å². The van der Waals surface area contributed by atoms with Gasteiger partial charge in [0.2, 0.25) is 11.9 Å². The minimum atomic E-state index is 0.396. The molecule has 0 aliphatic heterocycles. The maximum absolute atomic E-state index is 5.52. The van der Waals surface area contributed by atoms with Crippen molar-refractivity contribution >= 4 is 11.9 Å². The molecular weight excluding hydrogens is 254 g/mol. The number of ether oxygens (including phenoxy) is 1. The van der Waals surface area contributed by atoms with Crippen LogP contribution in [0.25, 0.3) is 0 Å². The number of aromatic nitrogens is 3. The molecule has 2 unspecified atom stereocenters. The van der Waals surface area contributed by atoms with Crippen LogP contribution in [-0.4, -0.2) is 34.1 Å². The molecule has 1 aromatic heterocycles. The van der Waals surface area contributed by atoms with E-state index in [9.17, 15) is 0 Å². The summed E-state index contributed by atoms with van der Waals surface area (Å²) in [5.74, 6) is 1.95. The van der Waals surface area contributed by atoms with E-state index >= 15 is 0 Å². The van der Waals surface area contributed by atoms with Gasteiger partial charge in [-0.3, -0.25) is 0 Å². The second-order valence-electron chi connectivity index (χ2n) is 5.18. The molecular formula is C14H25N5O. The molecule has 6 nitrogen and oxygen atoms in total. The van der Waals surface area contributed by atoms with E-state index in [1.165, 1.54) is 19.3 Å². The van der Waals surface area contributed by atoms with Gasteiger partial charge in [0.15, 0.2) is 0 Å². The topological polar surface area (TPSA) is 72.0 Å². The zero-order valence-corrected chi connectivity index (χ0v) is 12.6. The van der Waals surface area contributed by atoms with E-state index < -0.39 is 0 Å². The highest BCUT2D eigenvalue weighted by atomic mass is 16.5. The summed E-state index contributed by atoms with van der Waals surface area (Å²) in [6.07, 6.45) is 4.64. The molecule has 0 radical (unpaired) electrons. The van der Waals surface area contributed by atoms with Crippen LogP contribution in [0.2, 0.25) is 0 Å². The lowest BCUT2D eigenvalue weighted by Gasteiger charge is -2.09. The lowest BCUT2D eigenvalue weighted by molar-refractivity contribution is 0.292. The van der Waals surface area contributed by atoms with Gasteiger partial charge in [0.25, 0.3) is 0 Å². The highest BCUT2D eigenvalue weighted by molar-refractivity contribution is 5.37. The van der Waals surface area contributed by atoms with Crippen LogP contribution < -0.4 is 15.4 Å². The van der Waals surface area contributed by atoms with Crippen molar-refractivity contribution in [2.75, 3.05) is 23.8 Å². The Morgan fingerprint density at radius 3 is 2.60 bits per heavy atom. The number of rotatable bonds is 9. The van der Waals surface area contributed by atoms with E-state index in [0.717, 1.165) is 18.9 Å². The Hall–Kier alpha value is -1.59. The molecule has 20 heavy (non-hydrogen) atoms. The van der Waals surface area contributed by atoms with Gasteiger partial charge in [-0.2, -0.15) is 15.0 Å². The van der Waals surface area contributed by atoms with E-state index in [4.69, 9.17) is 4.74 Å². The molecule has 2 atom stereocenters. The Labute approximate surface area is 120 Å². The fraction of sp³-hybridized carbons (Fsp3) is 0.786. The van der Waals surface area contributed by atoms with Crippen LogP contribution in [-0.2, 0) is 0 Å². The molecule has 1 aliphatic carbocycles. The monoisotopic (exact) mass is 279 g/mol. The standard InChI is InChI=1S/C14H25N5O/c1-4-7-10-9-11(10)16-13-17-12(15-6-3)18-14(19-13)20-8-5-2/h10-11H,4-9H2,1-3H3,(H2,15,16,17,18,19). The summed E-state index contributed by atoms with van der Waals surface area (Å²) in [6, 6.07) is 0.902. The Balaban J connectivity index is 2.00. The van der Waals surface area contributed by atoms with Gasteiger partial charge in [-0.05, 0) is 32.1 Å². The number of anilines is 2. The molecule has 112 valence electrons. The summed E-state index contributed by atoms with van der Waals surface area (Å²) < 4.78 is 5.52.